The molecule has 176 valence electrons. The Morgan fingerprint density at radius 3 is 2.68 bits per heavy atom. The second kappa shape index (κ2) is 10.6. The molecule has 2 aromatic carbocycles. The van der Waals surface area contributed by atoms with Gasteiger partial charge in [0.15, 0.2) is 5.13 Å². The summed E-state index contributed by atoms with van der Waals surface area (Å²) in [6, 6.07) is 13.9. The highest BCUT2D eigenvalue weighted by molar-refractivity contribution is 7.14. The first-order valence-corrected chi connectivity index (χ1v) is 11.9. The summed E-state index contributed by atoms with van der Waals surface area (Å²) >= 11 is 1.21. The zero-order valence-corrected chi connectivity index (χ0v) is 19.5. The largest absolute Gasteiger partial charge is 0.342 e. The van der Waals surface area contributed by atoms with E-state index in [1.54, 1.807) is 22.4 Å². The summed E-state index contributed by atoms with van der Waals surface area (Å²) in [6.45, 7) is 2.37. The van der Waals surface area contributed by atoms with Crippen LogP contribution in [-0.2, 0) is 20.8 Å². The molecule has 1 aliphatic rings. The quantitative estimate of drug-likeness (QED) is 0.550. The van der Waals surface area contributed by atoms with Crippen LogP contribution >= 0.6 is 11.3 Å². The van der Waals surface area contributed by atoms with E-state index in [4.69, 9.17) is 0 Å². The van der Waals surface area contributed by atoms with Gasteiger partial charge in [0.25, 0.3) is 0 Å². The molecule has 2 heterocycles. The lowest BCUT2D eigenvalue weighted by Crippen LogP contribution is -2.44. The monoisotopic (exact) mass is 480 g/mol. The van der Waals surface area contributed by atoms with Crippen molar-refractivity contribution in [3.8, 4) is 11.3 Å². The lowest BCUT2D eigenvalue weighted by molar-refractivity contribution is -0.134. The van der Waals surface area contributed by atoms with Crippen LogP contribution in [0.4, 0.5) is 15.2 Å². The Balaban J connectivity index is 1.37. The van der Waals surface area contributed by atoms with Crippen LogP contribution in [-0.4, -0.2) is 40.7 Å². The molecule has 0 aliphatic carbocycles. The van der Waals surface area contributed by atoms with Crippen LogP contribution in [0.1, 0.15) is 25.3 Å². The van der Waals surface area contributed by atoms with Crippen LogP contribution < -0.4 is 10.6 Å². The number of likely N-dealkylation sites (tertiary alicyclic amines) is 1. The Bertz CT molecular complexity index is 1200. The number of nitrogens with zero attached hydrogens (tertiary/aromatic N) is 2. The number of carbonyl (C=O) groups is 3. The summed E-state index contributed by atoms with van der Waals surface area (Å²) in [4.78, 5) is 42.8. The van der Waals surface area contributed by atoms with Crippen molar-refractivity contribution in [1.29, 1.82) is 0 Å². The highest BCUT2D eigenvalue weighted by atomic mass is 32.1. The molecule has 1 saturated heterocycles. The molecule has 2 N–H and O–H groups in total. The number of amides is 3. The van der Waals surface area contributed by atoms with Crippen LogP contribution in [0.2, 0.25) is 0 Å². The molecule has 9 heteroatoms. The molecule has 7 nitrogen and oxygen atoms in total. The maximum atomic E-state index is 14.5. The zero-order valence-electron chi connectivity index (χ0n) is 18.7. The van der Waals surface area contributed by atoms with Gasteiger partial charge in [0.2, 0.25) is 17.7 Å². The van der Waals surface area contributed by atoms with Crippen LogP contribution in [0, 0.1) is 11.7 Å². The Hall–Kier alpha value is -3.59. The molecular weight excluding hydrogens is 455 g/mol. The smallest absolute Gasteiger partial charge is 0.231 e. The van der Waals surface area contributed by atoms with Gasteiger partial charge >= 0.3 is 0 Å². The average molecular weight is 481 g/mol. The van der Waals surface area contributed by atoms with E-state index in [9.17, 15) is 18.8 Å². The lowest BCUT2D eigenvalue weighted by Gasteiger charge is -2.32. The zero-order chi connectivity index (χ0) is 24.1. The van der Waals surface area contributed by atoms with Crippen molar-refractivity contribution in [2.45, 2.75) is 26.2 Å². The summed E-state index contributed by atoms with van der Waals surface area (Å²) in [5.41, 5.74) is 1.99. The topological polar surface area (TPSA) is 91.4 Å². The molecule has 1 fully saturated rings. The SMILES string of the molecule is CC(=O)Nc1ccc(-c2csc(NC(=O)C3CCCN(C(=O)Cc4ccccc4)C3)n2)c(F)c1. The molecule has 1 unspecified atom stereocenters. The van der Waals surface area contributed by atoms with Gasteiger partial charge < -0.3 is 15.5 Å². The molecule has 0 spiro atoms. The van der Waals surface area contributed by atoms with Crippen molar-refractivity contribution in [3.05, 3.63) is 65.3 Å². The summed E-state index contributed by atoms with van der Waals surface area (Å²) in [7, 11) is 0. The van der Waals surface area contributed by atoms with Gasteiger partial charge in [-0.3, -0.25) is 14.4 Å². The maximum Gasteiger partial charge on any atom is 0.231 e. The fourth-order valence-electron chi connectivity index (χ4n) is 3.97. The first-order valence-electron chi connectivity index (χ1n) is 11.0. The van der Waals surface area contributed by atoms with E-state index in [0.717, 1.165) is 12.0 Å². The summed E-state index contributed by atoms with van der Waals surface area (Å²) in [5.74, 6) is -1.31. The van der Waals surface area contributed by atoms with Crippen molar-refractivity contribution in [1.82, 2.24) is 9.88 Å². The Labute approximate surface area is 201 Å². The van der Waals surface area contributed by atoms with Crippen LogP contribution in [0.15, 0.2) is 53.9 Å². The standard InChI is InChI=1S/C25H25FN4O3S/c1-16(31)27-19-9-10-20(21(26)13-19)22-15-34-25(28-22)29-24(33)18-8-5-11-30(14-18)23(32)12-17-6-3-2-4-7-17/h2-4,6-7,9-10,13,15,18H,5,8,11-12,14H2,1H3,(H,27,31)(H,28,29,33). The van der Waals surface area contributed by atoms with E-state index in [1.165, 1.54) is 24.3 Å². The van der Waals surface area contributed by atoms with Crippen LogP contribution in [0.3, 0.4) is 0 Å². The molecule has 0 bridgehead atoms. The second-order valence-electron chi connectivity index (χ2n) is 8.24. The number of hydrogen-bond acceptors (Lipinski definition) is 5. The number of halogens is 1. The highest BCUT2D eigenvalue weighted by Crippen LogP contribution is 2.29. The summed E-state index contributed by atoms with van der Waals surface area (Å²) in [6.07, 6.45) is 1.77. The number of carbonyl (C=O) groups excluding carboxylic acids is 3. The van der Waals surface area contributed by atoms with Gasteiger partial charge in [0.1, 0.15) is 5.82 Å². The molecule has 0 radical (unpaired) electrons. The summed E-state index contributed by atoms with van der Waals surface area (Å²) in [5, 5.41) is 7.40. The number of aromatic nitrogens is 1. The van der Waals surface area contributed by atoms with E-state index in [1.807, 2.05) is 30.3 Å². The minimum atomic E-state index is -0.519. The number of piperidine rings is 1. The number of anilines is 2. The Morgan fingerprint density at radius 1 is 1.15 bits per heavy atom. The maximum absolute atomic E-state index is 14.5. The van der Waals surface area contributed by atoms with Gasteiger partial charge in [-0.1, -0.05) is 30.3 Å². The molecule has 4 rings (SSSR count). The molecule has 1 aliphatic heterocycles. The molecule has 1 atom stereocenters. The van der Waals surface area contributed by atoms with E-state index in [-0.39, 0.29) is 29.2 Å². The molecule has 0 saturated carbocycles. The van der Waals surface area contributed by atoms with E-state index in [2.05, 4.69) is 15.6 Å². The van der Waals surface area contributed by atoms with Gasteiger partial charge in [-0.05, 0) is 36.6 Å². The molecule has 1 aromatic heterocycles. The third kappa shape index (κ3) is 5.85. The minimum Gasteiger partial charge on any atom is -0.342 e. The second-order valence-corrected chi connectivity index (χ2v) is 9.10. The minimum absolute atomic E-state index is 0.0124. The third-order valence-corrected chi connectivity index (χ3v) is 6.40. The van der Waals surface area contributed by atoms with Gasteiger partial charge in [-0.25, -0.2) is 9.37 Å². The van der Waals surface area contributed by atoms with Gasteiger partial charge in [-0.2, -0.15) is 0 Å². The van der Waals surface area contributed by atoms with Gasteiger partial charge in [-0.15, -0.1) is 11.3 Å². The average Bonchev–Trinajstić information content (AvgIpc) is 3.27. The normalized spacial score (nSPS) is 15.6. The molecule has 34 heavy (non-hydrogen) atoms. The number of benzene rings is 2. The van der Waals surface area contributed by atoms with Crippen LogP contribution in [0.5, 0.6) is 0 Å². The van der Waals surface area contributed by atoms with Gasteiger partial charge in [0, 0.05) is 36.6 Å². The number of hydrogen-bond donors (Lipinski definition) is 2. The third-order valence-electron chi connectivity index (χ3n) is 5.64. The Kier molecular flexibility index (Phi) is 7.32. The Morgan fingerprint density at radius 2 is 1.94 bits per heavy atom. The van der Waals surface area contributed by atoms with E-state index >= 15 is 0 Å². The van der Waals surface area contributed by atoms with Gasteiger partial charge in [0.05, 0.1) is 18.0 Å². The summed E-state index contributed by atoms with van der Waals surface area (Å²) < 4.78 is 14.5. The van der Waals surface area contributed by atoms with E-state index < -0.39 is 5.82 Å². The molecular formula is C25H25FN4O3S. The van der Waals surface area contributed by atoms with E-state index in [0.29, 0.717) is 42.4 Å². The lowest BCUT2D eigenvalue weighted by atomic mass is 9.96. The number of rotatable bonds is 6. The van der Waals surface area contributed by atoms with Crippen molar-refractivity contribution in [2.75, 3.05) is 23.7 Å². The van der Waals surface area contributed by atoms with Crippen molar-refractivity contribution >= 4 is 39.9 Å². The fourth-order valence-corrected chi connectivity index (χ4v) is 4.68. The van der Waals surface area contributed by atoms with Crippen LogP contribution in [0.25, 0.3) is 11.3 Å². The predicted octanol–water partition coefficient (Wildman–Crippen LogP) is 4.33. The number of nitrogens with one attached hydrogen (secondary N) is 2. The van der Waals surface area contributed by atoms with Crippen molar-refractivity contribution in [3.63, 3.8) is 0 Å². The van der Waals surface area contributed by atoms with Crippen molar-refractivity contribution < 1.29 is 18.8 Å². The first-order chi connectivity index (χ1) is 16.4. The number of thiazole rings is 1. The predicted molar refractivity (Wildman–Crippen MR) is 130 cm³/mol. The first kappa shape index (κ1) is 23.6. The van der Waals surface area contributed by atoms with Crippen molar-refractivity contribution in [2.24, 2.45) is 5.92 Å². The molecule has 3 aromatic rings. The fraction of sp³-hybridized carbons (Fsp3) is 0.280. The highest BCUT2D eigenvalue weighted by Gasteiger charge is 2.29. The molecule has 3 amide bonds.